The summed E-state index contributed by atoms with van der Waals surface area (Å²) in [4.78, 5) is 32.2. The molecule has 6 rings (SSSR count). The fourth-order valence-corrected chi connectivity index (χ4v) is 6.04. The largest absolute Gasteiger partial charge is 0.481 e. The quantitative estimate of drug-likeness (QED) is 0.399. The summed E-state index contributed by atoms with van der Waals surface area (Å²) in [5, 5.41) is 10.4. The predicted molar refractivity (Wildman–Crippen MR) is 156 cm³/mol. The summed E-state index contributed by atoms with van der Waals surface area (Å²) < 4.78 is 11.5. The molecular formula is C29H32Cl2N6O4. The maximum atomic E-state index is 11.4. The Kier molecular flexibility index (Phi) is 8.55. The fraction of sp³-hybridized carbons (Fsp3) is 0.448. The van der Waals surface area contributed by atoms with E-state index in [0.29, 0.717) is 71.8 Å². The Hall–Kier alpha value is -3.02. The molecule has 3 aliphatic heterocycles. The Morgan fingerprint density at radius 1 is 0.951 bits per heavy atom. The van der Waals surface area contributed by atoms with Crippen LogP contribution in [0.25, 0.3) is 11.3 Å². The van der Waals surface area contributed by atoms with Crippen LogP contribution in [0.3, 0.4) is 0 Å². The summed E-state index contributed by atoms with van der Waals surface area (Å²) in [6.45, 7) is 7.40. The van der Waals surface area contributed by atoms with E-state index < -0.39 is 5.97 Å². The zero-order valence-corrected chi connectivity index (χ0v) is 24.1. The van der Waals surface area contributed by atoms with Crippen molar-refractivity contribution in [2.24, 2.45) is 5.92 Å². The molecule has 0 atom stereocenters. The van der Waals surface area contributed by atoms with Crippen molar-refractivity contribution in [1.29, 1.82) is 0 Å². The average Bonchev–Trinajstić information content (AvgIpc) is 2.93. The van der Waals surface area contributed by atoms with E-state index in [1.54, 1.807) is 18.5 Å². The van der Waals surface area contributed by atoms with Crippen LogP contribution in [-0.2, 0) is 16.1 Å². The van der Waals surface area contributed by atoms with Crippen molar-refractivity contribution in [2.45, 2.75) is 25.4 Å². The normalized spacial score (nSPS) is 19.2. The third-order valence-corrected chi connectivity index (χ3v) is 8.37. The molecule has 3 aliphatic rings. The lowest BCUT2D eigenvalue weighted by Crippen LogP contribution is -2.56. The SMILES string of the molecule is O=C(O)C1CCN(Cc2cc(Oc3cnc(N4CCN(C5COC5)CC4)nc3)nc(-c3cc(Cl)cc(Cl)c3)c2)CC1. The second-order valence-electron chi connectivity index (χ2n) is 10.8. The van der Waals surface area contributed by atoms with Crippen LogP contribution in [0.1, 0.15) is 18.4 Å². The number of aliphatic carboxylic acids is 1. The number of carboxylic acid groups (broad SMARTS) is 1. The third-order valence-electron chi connectivity index (χ3n) is 7.93. The van der Waals surface area contributed by atoms with E-state index in [2.05, 4.69) is 24.7 Å². The predicted octanol–water partition coefficient (Wildman–Crippen LogP) is 4.46. The van der Waals surface area contributed by atoms with Gasteiger partial charge in [-0.15, -0.1) is 0 Å². The van der Waals surface area contributed by atoms with E-state index in [9.17, 15) is 9.90 Å². The Bertz CT molecular complexity index is 1350. The molecule has 1 N–H and O–H groups in total. The van der Waals surface area contributed by atoms with E-state index in [1.807, 2.05) is 24.3 Å². The van der Waals surface area contributed by atoms with Gasteiger partial charge in [0.25, 0.3) is 0 Å². The topological polar surface area (TPSA) is 104 Å². The summed E-state index contributed by atoms with van der Waals surface area (Å²) in [6, 6.07) is 9.75. The summed E-state index contributed by atoms with van der Waals surface area (Å²) >= 11 is 12.6. The number of aromatic nitrogens is 3. The van der Waals surface area contributed by atoms with Crippen molar-refractivity contribution >= 4 is 35.1 Å². The molecule has 5 heterocycles. The Morgan fingerprint density at radius 3 is 2.24 bits per heavy atom. The highest BCUT2D eigenvalue weighted by Gasteiger charge is 2.29. The first-order chi connectivity index (χ1) is 19.9. The number of piperidine rings is 1. The van der Waals surface area contributed by atoms with Crippen LogP contribution in [0.4, 0.5) is 5.95 Å². The van der Waals surface area contributed by atoms with Crippen molar-refractivity contribution in [3.05, 3.63) is 58.3 Å². The van der Waals surface area contributed by atoms with E-state index in [1.165, 1.54) is 0 Å². The lowest BCUT2D eigenvalue weighted by molar-refractivity contribution is -0.143. The second-order valence-corrected chi connectivity index (χ2v) is 11.7. The van der Waals surface area contributed by atoms with Crippen LogP contribution in [0, 0.1) is 5.92 Å². The number of rotatable bonds is 8. The van der Waals surface area contributed by atoms with Gasteiger partial charge in [-0.3, -0.25) is 14.6 Å². The zero-order valence-electron chi connectivity index (χ0n) is 22.6. The van der Waals surface area contributed by atoms with Crippen LogP contribution in [0.5, 0.6) is 11.6 Å². The van der Waals surface area contributed by atoms with Crippen molar-refractivity contribution in [1.82, 2.24) is 24.8 Å². The first kappa shape index (κ1) is 28.1. The number of carboxylic acids is 1. The number of anilines is 1. The fourth-order valence-electron chi connectivity index (χ4n) is 5.52. The van der Waals surface area contributed by atoms with Crippen LogP contribution < -0.4 is 9.64 Å². The van der Waals surface area contributed by atoms with Gasteiger partial charge in [0.2, 0.25) is 11.8 Å². The van der Waals surface area contributed by atoms with Crippen molar-refractivity contribution in [3.63, 3.8) is 0 Å². The van der Waals surface area contributed by atoms with Gasteiger partial charge in [0, 0.05) is 54.4 Å². The van der Waals surface area contributed by atoms with Crippen LogP contribution in [0.2, 0.25) is 10.0 Å². The van der Waals surface area contributed by atoms with Gasteiger partial charge in [-0.25, -0.2) is 15.0 Å². The molecule has 216 valence electrons. The van der Waals surface area contributed by atoms with Gasteiger partial charge in [-0.2, -0.15) is 0 Å². The smallest absolute Gasteiger partial charge is 0.306 e. The lowest BCUT2D eigenvalue weighted by Gasteiger charge is -2.42. The Labute approximate surface area is 248 Å². The minimum absolute atomic E-state index is 0.282. The molecule has 0 spiro atoms. The molecule has 12 heteroatoms. The molecule has 3 saturated heterocycles. The Morgan fingerprint density at radius 2 is 1.63 bits per heavy atom. The monoisotopic (exact) mass is 598 g/mol. The van der Waals surface area contributed by atoms with Crippen LogP contribution in [-0.4, -0.2) is 94.4 Å². The number of benzene rings is 1. The lowest BCUT2D eigenvalue weighted by atomic mass is 9.97. The summed E-state index contributed by atoms with van der Waals surface area (Å²) in [6.07, 6.45) is 4.62. The zero-order chi connectivity index (χ0) is 28.3. The number of carbonyl (C=O) groups is 1. The number of likely N-dealkylation sites (tertiary alicyclic amines) is 1. The molecule has 0 amide bonds. The van der Waals surface area contributed by atoms with Gasteiger partial charge in [0.15, 0.2) is 5.75 Å². The third kappa shape index (κ3) is 6.90. The summed E-state index contributed by atoms with van der Waals surface area (Å²) in [5.41, 5.74) is 2.44. The Balaban J connectivity index is 1.17. The van der Waals surface area contributed by atoms with E-state index in [-0.39, 0.29) is 5.92 Å². The van der Waals surface area contributed by atoms with E-state index in [4.69, 9.17) is 37.7 Å². The molecule has 3 aromatic rings. The van der Waals surface area contributed by atoms with Gasteiger partial charge in [-0.05, 0) is 55.8 Å². The molecule has 3 fully saturated rings. The minimum Gasteiger partial charge on any atom is -0.481 e. The number of halogens is 2. The summed E-state index contributed by atoms with van der Waals surface area (Å²) in [5.74, 6) is 0.574. The molecule has 1 aromatic carbocycles. The van der Waals surface area contributed by atoms with Gasteiger partial charge in [0.1, 0.15) is 0 Å². The van der Waals surface area contributed by atoms with Crippen LogP contribution >= 0.6 is 23.2 Å². The molecule has 0 aliphatic carbocycles. The molecule has 0 bridgehead atoms. The summed E-state index contributed by atoms with van der Waals surface area (Å²) in [7, 11) is 0. The molecule has 41 heavy (non-hydrogen) atoms. The number of pyridine rings is 1. The van der Waals surface area contributed by atoms with E-state index in [0.717, 1.165) is 50.5 Å². The first-order valence-corrected chi connectivity index (χ1v) is 14.6. The molecule has 2 aromatic heterocycles. The van der Waals surface area contributed by atoms with Crippen molar-refractivity contribution < 1.29 is 19.4 Å². The molecule has 0 radical (unpaired) electrons. The van der Waals surface area contributed by atoms with E-state index >= 15 is 0 Å². The van der Waals surface area contributed by atoms with Gasteiger partial charge in [-0.1, -0.05) is 23.2 Å². The number of hydrogen-bond acceptors (Lipinski definition) is 9. The maximum absolute atomic E-state index is 11.4. The molecule has 10 nitrogen and oxygen atoms in total. The highest BCUT2D eigenvalue weighted by atomic mass is 35.5. The minimum atomic E-state index is -0.719. The highest BCUT2D eigenvalue weighted by molar-refractivity contribution is 6.35. The van der Waals surface area contributed by atoms with Crippen molar-refractivity contribution in [3.8, 4) is 22.9 Å². The first-order valence-electron chi connectivity index (χ1n) is 13.9. The maximum Gasteiger partial charge on any atom is 0.306 e. The molecular weight excluding hydrogens is 567 g/mol. The van der Waals surface area contributed by atoms with Gasteiger partial charge >= 0.3 is 5.97 Å². The molecule has 0 unspecified atom stereocenters. The van der Waals surface area contributed by atoms with Gasteiger partial charge < -0.3 is 19.5 Å². The van der Waals surface area contributed by atoms with Crippen LogP contribution in [0.15, 0.2) is 42.7 Å². The van der Waals surface area contributed by atoms with Gasteiger partial charge in [0.05, 0.1) is 43.3 Å². The average molecular weight is 600 g/mol. The number of nitrogens with zero attached hydrogens (tertiary/aromatic N) is 6. The standard InChI is InChI=1S/C29H32Cl2N6O4/c30-22-11-21(12-23(31)13-22)26-9-19(16-35-3-1-20(2-4-35)28(38)39)10-27(34-26)41-25-14-32-29(33-15-25)37-7-5-36(6-8-37)24-17-40-18-24/h9-15,20,24H,1-8,16-18H2,(H,38,39). The van der Waals surface area contributed by atoms with Crippen molar-refractivity contribution in [2.75, 3.05) is 57.4 Å². The number of piperazine rings is 1. The number of hydrogen-bond donors (Lipinski definition) is 1. The highest BCUT2D eigenvalue weighted by Crippen LogP contribution is 2.31. The second kappa shape index (κ2) is 12.5. The number of ether oxygens (including phenoxy) is 2. The molecule has 0 saturated carbocycles.